The second kappa shape index (κ2) is 2.50. The van der Waals surface area contributed by atoms with E-state index in [1.165, 1.54) is 25.7 Å². The van der Waals surface area contributed by atoms with E-state index < -0.39 is 0 Å². The smallest absolute Gasteiger partial charge is 0.0991 e. The van der Waals surface area contributed by atoms with Crippen molar-refractivity contribution in [3.8, 4) is 0 Å². The number of nitrogens with zero attached hydrogens (tertiary/aromatic N) is 1. The molecule has 1 heterocycles. The predicted molar refractivity (Wildman–Crippen MR) is 45.9 cm³/mol. The standard InChI is InChI=1S/C9H16N2/c1-7-3-2-6-11(7)9(10)8-4-5-8/h7-8,10H,2-6H2,1H3. The molecule has 2 nitrogen and oxygen atoms in total. The van der Waals surface area contributed by atoms with Crippen LogP contribution in [0.15, 0.2) is 0 Å². The predicted octanol–water partition coefficient (Wildman–Crippen LogP) is 1.86. The van der Waals surface area contributed by atoms with Crippen LogP contribution in [-0.2, 0) is 0 Å². The van der Waals surface area contributed by atoms with Gasteiger partial charge in [-0.15, -0.1) is 0 Å². The third kappa shape index (κ3) is 1.26. The SMILES string of the molecule is CC1CCCN1C(=N)C1CC1. The highest BCUT2D eigenvalue weighted by Crippen LogP contribution is 2.33. The van der Waals surface area contributed by atoms with E-state index in [-0.39, 0.29) is 0 Å². The van der Waals surface area contributed by atoms with Gasteiger partial charge in [0.25, 0.3) is 0 Å². The first kappa shape index (κ1) is 7.14. The van der Waals surface area contributed by atoms with Crippen LogP contribution in [0.1, 0.15) is 32.6 Å². The Morgan fingerprint density at radius 3 is 2.55 bits per heavy atom. The quantitative estimate of drug-likeness (QED) is 0.450. The maximum atomic E-state index is 7.86. The van der Waals surface area contributed by atoms with Crippen molar-refractivity contribution in [3.63, 3.8) is 0 Å². The Morgan fingerprint density at radius 1 is 1.36 bits per heavy atom. The molecular formula is C9H16N2. The second-order valence-corrected chi connectivity index (χ2v) is 3.84. The lowest BCUT2D eigenvalue weighted by molar-refractivity contribution is 0.401. The van der Waals surface area contributed by atoms with Gasteiger partial charge in [0, 0.05) is 18.5 Å². The van der Waals surface area contributed by atoms with Crippen LogP contribution in [0.2, 0.25) is 0 Å². The fourth-order valence-corrected chi connectivity index (χ4v) is 1.88. The zero-order valence-electron chi connectivity index (χ0n) is 7.14. The van der Waals surface area contributed by atoms with Crippen LogP contribution in [0, 0.1) is 11.3 Å². The fourth-order valence-electron chi connectivity index (χ4n) is 1.88. The van der Waals surface area contributed by atoms with Crippen LogP contribution in [0.25, 0.3) is 0 Å². The largest absolute Gasteiger partial charge is 0.358 e. The minimum absolute atomic E-state index is 0.635. The van der Waals surface area contributed by atoms with Gasteiger partial charge < -0.3 is 4.90 Å². The number of nitrogens with one attached hydrogen (secondary N) is 1. The summed E-state index contributed by atoms with van der Waals surface area (Å²) in [6, 6.07) is 0.642. The van der Waals surface area contributed by atoms with Crippen LogP contribution in [-0.4, -0.2) is 23.3 Å². The van der Waals surface area contributed by atoms with Crippen molar-refractivity contribution in [1.82, 2.24) is 4.90 Å². The topological polar surface area (TPSA) is 27.1 Å². The molecule has 2 aliphatic rings. The summed E-state index contributed by atoms with van der Waals surface area (Å²) in [5.74, 6) is 1.56. The van der Waals surface area contributed by atoms with Crippen molar-refractivity contribution in [2.24, 2.45) is 5.92 Å². The van der Waals surface area contributed by atoms with Crippen molar-refractivity contribution in [1.29, 1.82) is 5.41 Å². The Hall–Kier alpha value is -0.530. The van der Waals surface area contributed by atoms with Gasteiger partial charge in [-0.2, -0.15) is 0 Å². The molecule has 0 spiro atoms. The normalized spacial score (nSPS) is 31.0. The van der Waals surface area contributed by atoms with Crippen LogP contribution >= 0.6 is 0 Å². The molecule has 1 saturated carbocycles. The molecule has 1 N–H and O–H groups in total. The molecule has 1 aliphatic carbocycles. The minimum atomic E-state index is 0.635. The average molecular weight is 152 g/mol. The third-order valence-corrected chi connectivity index (χ3v) is 2.83. The summed E-state index contributed by atoms with van der Waals surface area (Å²) in [6.45, 7) is 3.38. The van der Waals surface area contributed by atoms with E-state index in [1.807, 2.05) is 0 Å². The molecule has 0 amide bonds. The molecule has 0 radical (unpaired) electrons. The highest BCUT2D eigenvalue weighted by molar-refractivity contribution is 5.84. The van der Waals surface area contributed by atoms with E-state index in [9.17, 15) is 0 Å². The fraction of sp³-hybridized carbons (Fsp3) is 0.889. The first-order valence-electron chi connectivity index (χ1n) is 4.64. The molecule has 2 fully saturated rings. The zero-order chi connectivity index (χ0) is 7.84. The van der Waals surface area contributed by atoms with Gasteiger partial charge in [-0.05, 0) is 32.6 Å². The molecule has 2 rings (SSSR count). The summed E-state index contributed by atoms with van der Waals surface area (Å²) in [6.07, 6.45) is 5.11. The summed E-state index contributed by atoms with van der Waals surface area (Å²) in [5, 5.41) is 7.86. The van der Waals surface area contributed by atoms with E-state index in [0.717, 1.165) is 12.4 Å². The van der Waals surface area contributed by atoms with Crippen LogP contribution in [0.5, 0.6) is 0 Å². The average Bonchev–Trinajstić information content (AvgIpc) is 2.74. The van der Waals surface area contributed by atoms with Gasteiger partial charge in [0.05, 0.1) is 5.84 Å². The second-order valence-electron chi connectivity index (χ2n) is 3.84. The van der Waals surface area contributed by atoms with E-state index >= 15 is 0 Å². The Balaban J connectivity index is 1.96. The molecule has 11 heavy (non-hydrogen) atoms. The Bertz CT molecular complexity index is 172. The van der Waals surface area contributed by atoms with E-state index in [2.05, 4.69) is 11.8 Å². The monoisotopic (exact) mass is 152 g/mol. The van der Waals surface area contributed by atoms with Crippen LogP contribution in [0.4, 0.5) is 0 Å². The zero-order valence-corrected chi connectivity index (χ0v) is 7.14. The molecule has 1 atom stereocenters. The molecule has 0 aromatic rings. The molecule has 0 aromatic heterocycles. The third-order valence-electron chi connectivity index (χ3n) is 2.83. The van der Waals surface area contributed by atoms with Crippen molar-refractivity contribution in [2.75, 3.05) is 6.54 Å². The highest BCUT2D eigenvalue weighted by atomic mass is 15.2. The van der Waals surface area contributed by atoms with E-state index in [1.54, 1.807) is 0 Å². The molecule has 1 saturated heterocycles. The Kier molecular flexibility index (Phi) is 1.63. The maximum absolute atomic E-state index is 7.86. The molecule has 0 bridgehead atoms. The molecule has 2 heteroatoms. The van der Waals surface area contributed by atoms with Crippen molar-refractivity contribution < 1.29 is 0 Å². The first-order valence-corrected chi connectivity index (χ1v) is 4.64. The van der Waals surface area contributed by atoms with Crippen molar-refractivity contribution in [2.45, 2.75) is 38.6 Å². The lowest BCUT2D eigenvalue weighted by atomic mass is 10.2. The maximum Gasteiger partial charge on any atom is 0.0991 e. The molecular weight excluding hydrogens is 136 g/mol. The number of hydrogen-bond donors (Lipinski definition) is 1. The number of hydrogen-bond acceptors (Lipinski definition) is 1. The van der Waals surface area contributed by atoms with Gasteiger partial charge in [0.2, 0.25) is 0 Å². The van der Waals surface area contributed by atoms with Gasteiger partial charge in [-0.1, -0.05) is 0 Å². The van der Waals surface area contributed by atoms with Gasteiger partial charge in [-0.3, -0.25) is 5.41 Å². The lowest BCUT2D eigenvalue weighted by Crippen LogP contribution is -2.34. The van der Waals surface area contributed by atoms with Gasteiger partial charge in [0.15, 0.2) is 0 Å². The highest BCUT2D eigenvalue weighted by Gasteiger charge is 2.33. The van der Waals surface area contributed by atoms with Gasteiger partial charge in [0.1, 0.15) is 0 Å². The number of amidine groups is 1. The van der Waals surface area contributed by atoms with Crippen LogP contribution < -0.4 is 0 Å². The molecule has 1 unspecified atom stereocenters. The van der Waals surface area contributed by atoms with Crippen molar-refractivity contribution in [3.05, 3.63) is 0 Å². The van der Waals surface area contributed by atoms with E-state index in [4.69, 9.17) is 5.41 Å². The van der Waals surface area contributed by atoms with Crippen molar-refractivity contribution >= 4 is 5.84 Å². The Labute approximate surface area is 68.1 Å². The summed E-state index contributed by atoms with van der Waals surface area (Å²) >= 11 is 0. The first-order chi connectivity index (χ1) is 5.29. The molecule has 1 aliphatic heterocycles. The van der Waals surface area contributed by atoms with Gasteiger partial charge in [-0.25, -0.2) is 0 Å². The summed E-state index contributed by atoms with van der Waals surface area (Å²) in [7, 11) is 0. The number of likely N-dealkylation sites (tertiary alicyclic amines) is 1. The van der Waals surface area contributed by atoms with Gasteiger partial charge >= 0.3 is 0 Å². The lowest BCUT2D eigenvalue weighted by Gasteiger charge is -2.23. The minimum Gasteiger partial charge on any atom is -0.358 e. The molecule has 0 aromatic carbocycles. The summed E-state index contributed by atoms with van der Waals surface area (Å²) in [4.78, 5) is 2.29. The summed E-state index contributed by atoms with van der Waals surface area (Å²) < 4.78 is 0. The molecule has 62 valence electrons. The Morgan fingerprint density at radius 2 is 2.09 bits per heavy atom. The van der Waals surface area contributed by atoms with Crippen LogP contribution in [0.3, 0.4) is 0 Å². The number of rotatable bonds is 1. The summed E-state index contributed by atoms with van der Waals surface area (Å²) in [5.41, 5.74) is 0. The van der Waals surface area contributed by atoms with E-state index in [0.29, 0.717) is 12.0 Å².